The van der Waals surface area contributed by atoms with Crippen LogP contribution in [0.5, 0.6) is 11.5 Å². The van der Waals surface area contributed by atoms with E-state index in [1.807, 2.05) is 24.3 Å². The molecule has 0 atom stereocenters. The maximum absolute atomic E-state index is 12.4. The third kappa shape index (κ3) is 5.65. The smallest absolute Gasteiger partial charge is 0.252 e. The van der Waals surface area contributed by atoms with E-state index < -0.39 is 0 Å². The van der Waals surface area contributed by atoms with Crippen molar-refractivity contribution in [1.82, 2.24) is 10.3 Å². The summed E-state index contributed by atoms with van der Waals surface area (Å²) in [5, 5.41) is 6.24. The molecule has 1 heterocycles. The predicted octanol–water partition coefficient (Wildman–Crippen LogP) is 3.28. The Bertz CT molecular complexity index is 754. The lowest BCUT2D eigenvalue weighted by Gasteiger charge is -2.22. The summed E-state index contributed by atoms with van der Waals surface area (Å²) in [6.07, 6.45) is 3.98. The fourth-order valence-electron chi connectivity index (χ4n) is 2.52. The number of pyridine rings is 1. The first kappa shape index (κ1) is 19.6. The van der Waals surface area contributed by atoms with Gasteiger partial charge in [-0.1, -0.05) is 6.07 Å². The molecule has 2 N–H and O–H groups in total. The number of nitrogens with zero attached hydrogens (tertiary/aromatic N) is 1. The SMILES string of the molecule is COc1ccc(CCNC(=O)c2cncc(NC(C)(C)C)c2)cc1OC. The number of carbonyl (C=O) groups excluding carboxylic acids is 1. The molecule has 2 rings (SSSR count). The van der Waals surface area contributed by atoms with Crippen molar-refractivity contribution in [3.63, 3.8) is 0 Å². The zero-order valence-electron chi connectivity index (χ0n) is 16.1. The second-order valence-electron chi connectivity index (χ2n) is 7.03. The summed E-state index contributed by atoms with van der Waals surface area (Å²) in [5.41, 5.74) is 2.32. The van der Waals surface area contributed by atoms with Crippen LogP contribution in [0.2, 0.25) is 0 Å². The Kier molecular flexibility index (Phi) is 6.44. The normalized spacial score (nSPS) is 11.0. The molecular weight excluding hydrogens is 330 g/mol. The zero-order valence-corrected chi connectivity index (χ0v) is 16.1. The molecule has 0 spiro atoms. The zero-order chi connectivity index (χ0) is 19.2. The number of hydrogen-bond donors (Lipinski definition) is 2. The van der Waals surface area contributed by atoms with E-state index in [4.69, 9.17) is 9.47 Å². The highest BCUT2D eigenvalue weighted by atomic mass is 16.5. The van der Waals surface area contributed by atoms with E-state index in [1.54, 1.807) is 26.6 Å². The Morgan fingerprint density at radius 2 is 1.81 bits per heavy atom. The van der Waals surface area contributed by atoms with E-state index in [1.165, 1.54) is 0 Å². The van der Waals surface area contributed by atoms with Crippen LogP contribution in [0.25, 0.3) is 0 Å². The highest BCUT2D eigenvalue weighted by molar-refractivity contribution is 5.94. The average molecular weight is 357 g/mol. The topological polar surface area (TPSA) is 72.5 Å². The van der Waals surface area contributed by atoms with Gasteiger partial charge in [0.05, 0.1) is 25.5 Å². The van der Waals surface area contributed by atoms with Gasteiger partial charge in [-0.25, -0.2) is 0 Å². The quantitative estimate of drug-likeness (QED) is 0.796. The minimum absolute atomic E-state index is 0.0931. The van der Waals surface area contributed by atoms with E-state index in [-0.39, 0.29) is 11.4 Å². The van der Waals surface area contributed by atoms with E-state index in [2.05, 4.69) is 36.4 Å². The van der Waals surface area contributed by atoms with Crippen LogP contribution in [0.1, 0.15) is 36.7 Å². The van der Waals surface area contributed by atoms with Crippen LogP contribution in [0, 0.1) is 0 Å². The summed E-state index contributed by atoms with van der Waals surface area (Å²) in [7, 11) is 3.21. The van der Waals surface area contributed by atoms with Gasteiger partial charge in [0, 0.05) is 24.5 Å². The standard InChI is InChI=1S/C20H27N3O3/c1-20(2,3)23-16-11-15(12-21-13-16)19(24)22-9-8-14-6-7-17(25-4)18(10-14)26-5/h6-7,10-13,23H,8-9H2,1-5H3,(H,22,24). The molecule has 0 radical (unpaired) electrons. The van der Waals surface area contributed by atoms with E-state index in [0.29, 0.717) is 30.0 Å². The van der Waals surface area contributed by atoms with Crippen molar-refractivity contribution in [3.8, 4) is 11.5 Å². The van der Waals surface area contributed by atoms with Crippen molar-refractivity contribution in [3.05, 3.63) is 47.8 Å². The molecule has 0 saturated heterocycles. The van der Waals surface area contributed by atoms with Crippen molar-refractivity contribution in [2.75, 3.05) is 26.1 Å². The predicted molar refractivity (Wildman–Crippen MR) is 103 cm³/mol. The fraction of sp³-hybridized carbons (Fsp3) is 0.400. The molecule has 1 amide bonds. The summed E-state index contributed by atoms with van der Waals surface area (Å²) in [4.78, 5) is 16.5. The molecule has 0 unspecified atom stereocenters. The molecule has 1 aromatic heterocycles. The highest BCUT2D eigenvalue weighted by Crippen LogP contribution is 2.27. The summed E-state index contributed by atoms with van der Waals surface area (Å²) < 4.78 is 10.5. The molecular formula is C20H27N3O3. The Hall–Kier alpha value is -2.76. The van der Waals surface area contributed by atoms with E-state index in [0.717, 1.165) is 11.3 Å². The number of amides is 1. The molecule has 26 heavy (non-hydrogen) atoms. The second-order valence-corrected chi connectivity index (χ2v) is 7.03. The van der Waals surface area contributed by atoms with Gasteiger partial charge in [-0.3, -0.25) is 9.78 Å². The lowest BCUT2D eigenvalue weighted by Crippen LogP contribution is -2.28. The summed E-state index contributed by atoms with van der Waals surface area (Å²) in [5.74, 6) is 1.23. The minimum Gasteiger partial charge on any atom is -0.493 e. The van der Waals surface area contributed by atoms with Gasteiger partial charge in [-0.05, 0) is 51.0 Å². The molecule has 0 aliphatic rings. The van der Waals surface area contributed by atoms with Gasteiger partial charge in [0.15, 0.2) is 11.5 Å². The first-order chi connectivity index (χ1) is 12.3. The molecule has 6 heteroatoms. The molecule has 1 aromatic carbocycles. The first-order valence-corrected chi connectivity index (χ1v) is 8.55. The molecule has 0 fully saturated rings. The molecule has 0 saturated carbocycles. The van der Waals surface area contributed by atoms with Gasteiger partial charge in [-0.15, -0.1) is 0 Å². The monoisotopic (exact) mass is 357 g/mol. The number of carbonyl (C=O) groups is 1. The second kappa shape index (κ2) is 8.56. The number of anilines is 1. The van der Waals surface area contributed by atoms with Crippen molar-refractivity contribution in [2.45, 2.75) is 32.7 Å². The van der Waals surface area contributed by atoms with Gasteiger partial charge >= 0.3 is 0 Å². The number of aromatic nitrogens is 1. The number of ether oxygens (including phenoxy) is 2. The minimum atomic E-state index is -0.143. The Balaban J connectivity index is 1.94. The van der Waals surface area contributed by atoms with Crippen molar-refractivity contribution >= 4 is 11.6 Å². The van der Waals surface area contributed by atoms with Crippen molar-refractivity contribution in [2.24, 2.45) is 0 Å². The maximum atomic E-state index is 12.4. The molecule has 140 valence electrons. The molecule has 0 bridgehead atoms. The average Bonchev–Trinajstić information content (AvgIpc) is 2.60. The number of benzene rings is 1. The molecule has 0 aliphatic carbocycles. The number of methoxy groups -OCH3 is 2. The van der Waals surface area contributed by atoms with Crippen molar-refractivity contribution in [1.29, 1.82) is 0 Å². The highest BCUT2D eigenvalue weighted by Gasteiger charge is 2.12. The third-order valence-electron chi connectivity index (χ3n) is 3.67. The van der Waals surface area contributed by atoms with E-state index >= 15 is 0 Å². The summed E-state index contributed by atoms with van der Waals surface area (Å²) >= 11 is 0. The Labute approximate surface area is 154 Å². The Morgan fingerprint density at radius 1 is 1.08 bits per heavy atom. The Morgan fingerprint density at radius 3 is 2.46 bits per heavy atom. The van der Waals surface area contributed by atoms with Crippen LogP contribution in [-0.4, -0.2) is 37.2 Å². The first-order valence-electron chi connectivity index (χ1n) is 8.55. The van der Waals surface area contributed by atoms with E-state index in [9.17, 15) is 4.79 Å². The number of rotatable bonds is 7. The fourth-order valence-corrected chi connectivity index (χ4v) is 2.52. The van der Waals surface area contributed by atoms with Crippen LogP contribution in [0.15, 0.2) is 36.7 Å². The van der Waals surface area contributed by atoms with Gasteiger partial charge in [0.1, 0.15) is 0 Å². The van der Waals surface area contributed by atoms with Crippen LogP contribution < -0.4 is 20.1 Å². The lowest BCUT2D eigenvalue weighted by molar-refractivity contribution is 0.0954. The van der Waals surface area contributed by atoms with Crippen LogP contribution in [-0.2, 0) is 6.42 Å². The van der Waals surface area contributed by atoms with Gasteiger partial charge in [-0.2, -0.15) is 0 Å². The van der Waals surface area contributed by atoms with Crippen LogP contribution in [0.3, 0.4) is 0 Å². The largest absolute Gasteiger partial charge is 0.493 e. The van der Waals surface area contributed by atoms with Crippen molar-refractivity contribution < 1.29 is 14.3 Å². The lowest BCUT2D eigenvalue weighted by atomic mass is 10.1. The molecule has 2 aromatic rings. The van der Waals surface area contributed by atoms with Gasteiger partial charge in [0.25, 0.3) is 5.91 Å². The van der Waals surface area contributed by atoms with Crippen LogP contribution >= 0.6 is 0 Å². The summed E-state index contributed by atoms with van der Waals surface area (Å²) in [6, 6.07) is 7.55. The number of nitrogens with one attached hydrogen (secondary N) is 2. The number of hydrogen-bond acceptors (Lipinski definition) is 5. The summed E-state index contributed by atoms with van der Waals surface area (Å²) in [6.45, 7) is 6.69. The third-order valence-corrected chi connectivity index (χ3v) is 3.67. The van der Waals surface area contributed by atoms with Gasteiger partial charge in [0.2, 0.25) is 0 Å². The molecule has 6 nitrogen and oxygen atoms in total. The van der Waals surface area contributed by atoms with Crippen LogP contribution in [0.4, 0.5) is 5.69 Å². The molecule has 0 aliphatic heterocycles. The van der Waals surface area contributed by atoms with Gasteiger partial charge < -0.3 is 20.1 Å². The maximum Gasteiger partial charge on any atom is 0.252 e.